The number of unbranched alkanes of at least 4 members (excludes halogenated alkanes) is 1. The van der Waals surface area contributed by atoms with Crippen molar-refractivity contribution in [1.82, 2.24) is 24.3 Å². The number of aryl methyl sites for hydroxylation is 1. The van der Waals surface area contributed by atoms with Crippen molar-refractivity contribution in [3.8, 4) is 11.3 Å². The molecule has 0 bridgehead atoms. The van der Waals surface area contributed by atoms with Crippen LogP contribution in [0.3, 0.4) is 0 Å². The number of carbonyl (C=O) groups is 4. The number of ketones is 2. The first-order chi connectivity index (χ1) is 27.4. The Labute approximate surface area is 343 Å². The van der Waals surface area contributed by atoms with Crippen molar-refractivity contribution in [2.24, 2.45) is 23.7 Å². The molecule has 0 radical (unpaired) electrons. The molecule has 3 fully saturated rings. The van der Waals surface area contributed by atoms with E-state index in [1.807, 2.05) is 62.7 Å². The van der Waals surface area contributed by atoms with E-state index in [0.29, 0.717) is 32.4 Å². The molecule has 58 heavy (non-hydrogen) atoms. The van der Waals surface area contributed by atoms with Crippen LogP contribution in [0.5, 0.6) is 0 Å². The topological polar surface area (TPSA) is 172 Å². The standard InChI is InChI=1S/C43H65N5O10/c1-12-33-43(8)37(48(41(53)58-43)19-14-13-18-47-23-31(45-24-47)30-16-15-17-44-22-30)27(4)34(49)25(2)21-42(7,54-11)38(28(5)35(50)29(6)39(52)56-33)57-40-36(51)32(46(9)10)20-26(3)55-40/h15-17,22-29,32-33,36-38,40,51H,12-14,18-21H2,1-11H3/t25-,26-,27+,28+,29-,32+,33-,36+,37-,38+,40+,42-,43-/m1/s1. The first-order valence-corrected chi connectivity index (χ1v) is 20.8. The van der Waals surface area contributed by atoms with E-state index in [0.717, 1.165) is 11.3 Å². The van der Waals surface area contributed by atoms with Gasteiger partial charge in [-0.05, 0) is 86.0 Å². The third-order valence-corrected chi connectivity index (χ3v) is 12.8. The minimum Gasteiger partial charge on any atom is -0.458 e. The number of esters is 1. The van der Waals surface area contributed by atoms with Crippen LogP contribution < -0.4 is 0 Å². The van der Waals surface area contributed by atoms with Crippen LogP contribution in [0.4, 0.5) is 4.79 Å². The smallest absolute Gasteiger partial charge is 0.410 e. The molecule has 2 aromatic heterocycles. The van der Waals surface area contributed by atoms with Gasteiger partial charge < -0.3 is 43.2 Å². The van der Waals surface area contributed by atoms with Gasteiger partial charge in [0.2, 0.25) is 0 Å². The summed E-state index contributed by atoms with van der Waals surface area (Å²) in [6, 6.07) is 2.74. The number of carbonyl (C=O) groups excluding carboxylic acids is 4. The molecule has 13 atom stereocenters. The number of aliphatic hydroxyl groups is 1. The maximum atomic E-state index is 14.7. The summed E-state index contributed by atoms with van der Waals surface area (Å²) in [4.78, 5) is 69.0. The first-order valence-electron chi connectivity index (χ1n) is 20.8. The largest absolute Gasteiger partial charge is 0.458 e. The predicted molar refractivity (Wildman–Crippen MR) is 214 cm³/mol. The number of hydrogen-bond donors (Lipinski definition) is 1. The third-order valence-electron chi connectivity index (χ3n) is 12.8. The van der Waals surface area contributed by atoms with E-state index >= 15 is 0 Å². The molecule has 322 valence electrons. The molecule has 0 unspecified atom stereocenters. The first kappa shape index (κ1) is 45.3. The monoisotopic (exact) mass is 811 g/mol. The van der Waals surface area contributed by atoms with Crippen molar-refractivity contribution in [3.05, 3.63) is 37.1 Å². The van der Waals surface area contributed by atoms with Gasteiger partial charge in [0.1, 0.15) is 23.9 Å². The lowest BCUT2D eigenvalue weighted by Gasteiger charge is -2.47. The van der Waals surface area contributed by atoms with Crippen molar-refractivity contribution in [1.29, 1.82) is 0 Å². The molecular weight excluding hydrogens is 746 g/mol. The van der Waals surface area contributed by atoms with Crippen LogP contribution in [0.25, 0.3) is 11.3 Å². The molecule has 5 heterocycles. The summed E-state index contributed by atoms with van der Waals surface area (Å²) in [5, 5.41) is 11.4. The van der Waals surface area contributed by atoms with E-state index in [2.05, 4.69) is 9.97 Å². The van der Waals surface area contributed by atoms with Crippen LogP contribution in [0.2, 0.25) is 0 Å². The Morgan fingerprint density at radius 1 is 1.02 bits per heavy atom. The zero-order valence-electron chi connectivity index (χ0n) is 36.1. The number of aliphatic hydroxyl groups excluding tert-OH is 1. The third kappa shape index (κ3) is 9.33. The second-order valence-corrected chi connectivity index (χ2v) is 17.3. The highest BCUT2D eigenvalue weighted by Gasteiger charge is 2.60. The van der Waals surface area contributed by atoms with Gasteiger partial charge in [0, 0.05) is 68.1 Å². The zero-order valence-corrected chi connectivity index (χ0v) is 36.1. The number of methoxy groups -OCH3 is 1. The number of rotatable bonds is 11. The van der Waals surface area contributed by atoms with E-state index < -0.39 is 83.4 Å². The number of aromatic nitrogens is 3. The second kappa shape index (κ2) is 18.7. The predicted octanol–water partition coefficient (Wildman–Crippen LogP) is 4.93. The number of ether oxygens (including phenoxy) is 5. The number of likely N-dealkylation sites (N-methyl/N-ethyl adjacent to an activating group) is 1. The van der Waals surface area contributed by atoms with Gasteiger partial charge in [-0.25, -0.2) is 9.78 Å². The van der Waals surface area contributed by atoms with Gasteiger partial charge in [-0.3, -0.25) is 19.4 Å². The van der Waals surface area contributed by atoms with Crippen LogP contribution in [0, 0.1) is 23.7 Å². The molecule has 0 aliphatic carbocycles. The van der Waals surface area contributed by atoms with Crippen LogP contribution in [0.15, 0.2) is 37.1 Å². The maximum absolute atomic E-state index is 14.7. The van der Waals surface area contributed by atoms with Crippen LogP contribution in [-0.4, -0.2) is 135 Å². The molecule has 15 heteroatoms. The molecule has 5 rings (SSSR count). The normalized spacial score (nSPS) is 36.7. The quantitative estimate of drug-likeness (QED) is 0.184. The average Bonchev–Trinajstić information content (AvgIpc) is 3.78. The van der Waals surface area contributed by atoms with E-state index in [1.165, 1.54) is 14.0 Å². The van der Waals surface area contributed by atoms with Crippen molar-refractivity contribution >= 4 is 23.6 Å². The molecule has 3 aliphatic rings. The minimum atomic E-state index is -1.40. The van der Waals surface area contributed by atoms with Gasteiger partial charge in [0.15, 0.2) is 17.7 Å². The number of hydrogen-bond acceptors (Lipinski definition) is 13. The molecule has 3 aliphatic heterocycles. The minimum absolute atomic E-state index is 0.130. The highest BCUT2D eigenvalue weighted by molar-refractivity contribution is 6.00. The van der Waals surface area contributed by atoms with E-state index in [9.17, 15) is 24.3 Å². The SMILES string of the molecule is CC[C@H]1OC(=O)[C@H](C)C(=O)[C@H](C)[C@H](O[C@@H]2O[C@H](C)C[C@H](N(C)C)[C@@H]2O)[C@](C)(OC)C[C@@H](C)C(=O)[C@H](C)[C@H]2N(CCCCn3cnc(-c4cccnc4)c3)C(=O)O[C@]12C. The average molecular weight is 812 g/mol. The second-order valence-electron chi connectivity index (χ2n) is 17.3. The van der Waals surface area contributed by atoms with Gasteiger partial charge in [0.05, 0.1) is 35.9 Å². The molecule has 0 aromatic carbocycles. The Morgan fingerprint density at radius 3 is 2.36 bits per heavy atom. The highest BCUT2D eigenvalue weighted by Crippen LogP contribution is 2.43. The molecular formula is C43H65N5O10. The molecule has 1 N–H and O–H groups in total. The summed E-state index contributed by atoms with van der Waals surface area (Å²) < 4.78 is 33.2. The number of pyridine rings is 1. The van der Waals surface area contributed by atoms with Crippen molar-refractivity contribution < 1.29 is 48.0 Å². The summed E-state index contributed by atoms with van der Waals surface area (Å²) in [6.07, 6.45) is 4.45. The van der Waals surface area contributed by atoms with Gasteiger partial charge in [-0.15, -0.1) is 0 Å². The van der Waals surface area contributed by atoms with Gasteiger partial charge in [-0.1, -0.05) is 27.7 Å². The molecule has 3 saturated heterocycles. The molecule has 1 amide bonds. The van der Waals surface area contributed by atoms with Crippen molar-refractivity contribution in [3.63, 3.8) is 0 Å². The zero-order chi connectivity index (χ0) is 42.7. The fourth-order valence-corrected chi connectivity index (χ4v) is 9.43. The van der Waals surface area contributed by atoms with Crippen LogP contribution >= 0.6 is 0 Å². The van der Waals surface area contributed by atoms with Crippen molar-refractivity contribution in [2.45, 2.75) is 148 Å². The fraction of sp³-hybridized carbons (Fsp3) is 0.721. The molecule has 15 nitrogen and oxygen atoms in total. The number of Topliss-reactive ketones (excluding diaryl/α,β-unsaturated/α-hetero) is 2. The maximum Gasteiger partial charge on any atom is 0.410 e. The Morgan fingerprint density at radius 2 is 1.72 bits per heavy atom. The summed E-state index contributed by atoms with van der Waals surface area (Å²) >= 11 is 0. The van der Waals surface area contributed by atoms with E-state index in [-0.39, 0.29) is 30.8 Å². The van der Waals surface area contributed by atoms with Gasteiger partial charge in [-0.2, -0.15) is 0 Å². The van der Waals surface area contributed by atoms with Gasteiger partial charge in [0.25, 0.3) is 0 Å². The summed E-state index contributed by atoms with van der Waals surface area (Å²) in [7, 11) is 5.24. The molecule has 2 aromatic rings. The number of imidazole rings is 1. The summed E-state index contributed by atoms with van der Waals surface area (Å²) in [5.41, 5.74) is -0.938. The summed E-state index contributed by atoms with van der Waals surface area (Å²) in [6.45, 7) is 14.9. The Bertz CT molecular complexity index is 1740. The number of nitrogens with zero attached hydrogens (tertiary/aromatic N) is 5. The lowest BCUT2D eigenvalue weighted by Crippen LogP contribution is -2.60. The summed E-state index contributed by atoms with van der Waals surface area (Å²) in [5.74, 6) is -4.95. The lowest BCUT2D eigenvalue weighted by atomic mass is 9.73. The van der Waals surface area contributed by atoms with E-state index in [1.54, 1.807) is 51.3 Å². The number of amides is 1. The lowest BCUT2D eigenvalue weighted by molar-refractivity contribution is -0.295. The number of cyclic esters (lactones) is 1. The number of fused-ring (bicyclic) bond motifs is 1. The molecule has 0 saturated carbocycles. The molecule has 0 spiro atoms. The fourth-order valence-electron chi connectivity index (χ4n) is 9.43. The highest BCUT2D eigenvalue weighted by atomic mass is 16.7. The van der Waals surface area contributed by atoms with E-state index in [4.69, 9.17) is 23.7 Å². The van der Waals surface area contributed by atoms with Crippen molar-refractivity contribution in [2.75, 3.05) is 27.7 Å². The Hall–Kier alpha value is -3.76. The van der Waals surface area contributed by atoms with Crippen LogP contribution in [0.1, 0.15) is 87.5 Å². The van der Waals surface area contributed by atoms with Crippen LogP contribution in [-0.2, 0) is 44.6 Å². The van der Waals surface area contributed by atoms with Gasteiger partial charge >= 0.3 is 12.1 Å². The Balaban J connectivity index is 1.43. The Kier molecular flexibility index (Phi) is 14.6.